The van der Waals surface area contributed by atoms with Crippen molar-refractivity contribution in [3.63, 3.8) is 0 Å². The van der Waals surface area contributed by atoms with Crippen LogP contribution < -0.4 is 10.1 Å². The van der Waals surface area contributed by atoms with Crippen LogP contribution in [0, 0.1) is 22.2 Å². The summed E-state index contributed by atoms with van der Waals surface area (Å²) < 4.78 is 13.5. The second-order valence-electron chi connectivity index (χ2n) is 12.4. The largest absolute Gasteiger partial charge is 0.489 e. The summed E-state index contributed by atoms with van der Waals surface area (Å²) in [7, 11) is 0. The molecule has 0 bridgehead atoms. The average Bonchev–Trinajstić information content (AvgIpc) is 3.49. The molecule has 1 saturated carbocycles. The molecule has 9 nitrogen and oxygen atoms in total. The maximum Gasteiger partial charge on any atom is 0.410 e. The van der Waals surface area contributed by atoms with Gasteiger partial charge in [-0.25, -0.2) is 4.79 Å². The molecule has 0 spiro atoms. The van der Waals surface area contributed by atoms with Crippen molar-refractivity contribution in [2.45, 2.75) is 78.7 Å². The maximum atomic E-state index is 13.2. The van der Waals surface area contributed by atoms with E-state index in [1.807, 2.05) is 20.8 Å². The molecule has 2 amide bonds. The Kier molecular flexibility index (Phi) is 7.17. The van der Waals surface area contributed by atoms with E-state index >= 15 is 0 Å². The van der Waals surface area contributed by atoms with E-state index in [0.29, 0.717) is 35.0 Å². The Morgan fingerprint density at radius 3 is 2.50 bits per heavy atom. The lowest BCUT2D eigenvalue weighted by Crippen LogP contribution is -2.74. The normalized spacial score (nSPS) is 23.8. The lowest BCUT2D eigenvalue weighted by molar-refractivity contribution is -0.164. The summed E-state index contributed by atoms with van der Waals surface area (Å²) in [5, 5.41) is 17.1. The molecular weight excluding hydrogens is 506 g/mol. The van der Waals surface area contributed by atoms with E-state index in [9.17, 15) is 9.59 Å². The molecule has 2 fully saturated rings. The Hall–Kier alpha value is -3.25. The standard InChI is InChI=1S/C28H36ClN5O4/c1-26(2,3)38-25(36)33-11-10-19(16-33)34-15-18(14-31-34)22(35)32-23-27(4,5)24(28(23,6)7)37-20-9-8-17(13-30)21(29)12-20/h8-9,12,14-15,19,23-24H,10-11,16H2,1-7H3,(H,32,35)/t19?,23-,24-. The molecule has 1 saturated heterocycles. The molecule has 1 N–H and O–H groups in total. The molecule has 1 aromatic heterocycles. The molecule has 2 aromatic rings. The predicted octanol–water partition coefficient (Wildman–Crippen LogP) is 5.20. The summed E-state index contributed by atoms with van der Waals surface area (Å²) in [6, 6.07) is 6.92. The number of amides is 2. The maximum absolute atomic E-state index is 13.2. The topological polar surface area (TPSA) is 109 Å². The molecular formula is C28H36ClN5O4. The molecule has 1 aliphatic carbocycles. The van der Waals surface area contributed by atoms with Crippen molar-refractivity contribution < 1.29 is 19.1 Å². The monoisotopic (exact) mass is 541 g/mol. The van der Waals surface area contributed by atoms with Gasteiger partial charge in [0.05, 0.1) is 28.4 Å². The van der Waals surface area contributed by atoms with Crippen molar-refractivity contribution >= 4 is 23.6 Å². The number of rotatable bonds is 5. The van der Waals surface area contributed by atoms with Crippen LogP contribution in [0.4, 0.5) is 4.79 Å². The minimum Gasteiger partial charge on any atom is -0.489 e. The van der Waals surface area contributed by atoms with Crippen LogP contribution in [0.5, 0.6) is 5.75 Å². The quantitative estimate of drug-likeness (QED) is 0.557. The van der Waals surface area contributed by atoms with E-state index in [4.69, 9.17) is 26.3 Å². The number of aromatic nitrogens is 2. The molecule has 4 rings (SSSR count). The number of nitrogens with zero attached hydrogens (tertiary/aromatic N) is 4. The first-order valence-electron chi connectivity index (χ1n) is 12.8. The van der Waals surface area contributed by atoms with Crippen LogP contribution in [0.3, 0.4) is 0 Å². The van der Waals surface area contributed by atoms with Crippen molar-refractivity contribution in [1.29, 1.82) is 5.26 Å². The number of benzene rings is 1. The molecule has 38 heavy (non-hydrogen) atoms. The number of likely N-dealkylation sites (tertiary alicyclic amines) is 1. The fraction of sp³-hybridized carbons (Fsp3) is 0.571. The van der Waals surface area contributed by atoms with Gasteiger partial charge in [0.15, 0.2) is 0 Å². The minimum atomic E-state index is -0.547. The Labute approximate surface area is 229 Å². The third-order valence-corrected chi connectivity index (χ3v) is 7.80. The van der Waals surface area contributed by atoms with E-state index in [1.165, 1.54) is 0 Å². The third kappa shape index (κ3) is 5.32. The number of halogens is 1. The van der Waals surface area contributed by atoms with Gasteiger partial charge in [-0.15, -0.1) is 0 Å². The highest BCUT2D eigenvalue weighted by molar-refractivity contribution is 6.31. The Bertz CT molecular complexity index is 1260. The number of hydrogen-bond acceptors (Lipinski definition) is 6. The molecule has 1 aliphatic heterocycles. The number of hydrogen-bond donors (Lipinski definition) is 1. The van der Waals surface area contributed by atoms with Gasteiger partial charge in [0, 0.05) is 42.2 Å². The first-order valence-corrected chi connectivity index (χ1v) is 13.2. The Balaban J connectivity index is 1.39. The van der Waals surface area contributed by atoms with E-state index in [2.05, 4.69) is 44.2 Å². The van der Waals surface area contributed by atoms with Gasteiger partial charge in [0.25, 0.3) is 5.91 Å². The van der Waals surface area contributed by atoms with Gasteiger partial charge in [-0.3, -0.25) is 9.48 Å². The molecule has 1 atom stereocenters. The summed E-state index contributed by atoms with van der Waals surface area (Å²) in [4.78, 5) is 27.3. The van der Waals surface area contributed by atoms with Crippen molar-refractivity contribution in [1.82, 2.24) is 20.0 Å². The van der Waals surface area contributed by atoms with E-state index < -0.39 is 5.60 Å². The highest BCUT2D eigenvalue weighted by Gasteiger charge is 2.64. The van der Waals surface area contributed by atoms with E-state index in [-0.39, 0.29) is 41.0 Å². The van der Waals surface area contributed by atoms with Crippen molar-refractivity contribution in [2.24, 2.45) is 10.8 Å². The fourth-order valence-electron chi connectivity index (χ4n) is 5.92. The molecule has 10 heteroatoms. The second-order valence-corrected chi connectivity index (χ2v) is 12.8. The highest BCUT2D eigenvalue weighted by Crippen LogP contribution is 2.55. The number of ether oxygens (including phenoxy) is 2. The summed E-state index contributed by atoms with van der Waals surface area (Å²) in [6.45, 7) is 14.8. The lowest BCUT2D eigenvalue weighted by atomic mass is 9.49. The lowest BCUT2D eigenvalue weighted by Gasteiger charge is -2.63. The minimum absolute atomic E-state index is 0.0160. The van der Waals surface area contributed by atoms with Gasteiger partial charge in [-0.2, -0.15) is 10.4 Å². The second kappa shape index (κ2) is 9.81. The van der Waals surface area contributed by atoms with Crippen LogP contribution in [0.1, 0.15) is 76.9 Å². The number of nitrogens with one attached hydrogen (secondary N) is 1. The number of carbonyl (C=O) groups excluding carboxylic acids is 2. The number of carbonyl (C=O) groups is 2. The zero-order valence-electron chi connectivity index (χ0n) is 23.0. The average molecular weight is 542 g/mol. The van der Waals surface area contributed by atoms with Crippen LogP contribution in [0.2, 0.25) is 5.02 Å². The molecule has 204 valence electrons. The van der Waals surface area contributed by atoms with Crippen molar-refractivity contribution in [3.05, 3.63) is 46.7 Å². The summed E-state index contributed by atoms with van der Waals surface area (Å²) in [6.07, 6.45) is 3.52. The van der Waals surface area contributed by atoms with Gasteiger partial charge >= 0.3 is 6.09 Å². The third-order valence-electron chi connectivity index (χ3n) is 7.48. The van der Waals surface area contributed by atoms with Crippen LogP contribution >= 0.6 is 11.6 Å². The van der Waals surface area contributed by atoms with Gasteiger partial charge in [-0.05, 0) is 39.3 Å². The molecule has 2 heterocycles. The van der Waals surface area contributed by atoms with Crippen molar-refractivity contribution in [3.8, 4) is 11.8 Å². The zero-order valence-corrected chi connectivity index (χ0v) is 23.8. The molecule has 2 aliphatic rings. The van der Waals surface area contributed by atoms with Crippen LogP contribution in [0.15, 0.2) is 30.6 Å². The molecule has 1 unspecified atom stereocenters. The molecule has 1 aromatic carbocycles. The van der Waals surface area contributed by atoms with Crippen LogP contribution in [-0.4, -0.2) is 57.5 Å². The first-order chi connectivity index (χ1) is 17.6. The van der Waals surface area contributed by atoms with Gasteiger partial charge < -0.3 is 19.7 Å². The predicted molar refractivity (Wildman–Crippen MR) is 143 cm³/mol. The van der Waals surface area contributed by atoms with Gasteiger partial charge in [0.2, 0.25) is 0 Å². The Morgan fingerprint density at radius 2 is 1.89 bits per heavy atom. The van der Waals surface area contributed by atoms with Crippen LogP contribution in [0.25, 0.3) is 0 Å². The first kappa shape index (κ1) is 27.8. The summed E-state index contributed by atoms with van der Waals surface area (Å²) in [5.74, 6) is 0.382. The summed E-state index contributed by atoms with van der Waals surface area (Å²) in [5.41, 5.74) is -0.416. The van der Waals surface area contributed by atoms with E-state index in [0.717, 1.165) is 6.42 Å². The van der Waals surface area contributed by atoms with Gasteiger partial charge in [0.1, 0.15) is 23.5 Å². The zero-order chi connectivity index (χ0) is 28.0. The van der Waals surface area contributed by atoms with E-state index in [1.54, 1.807) is 40.2 Å². The molecule has 0 radical (unpaired) electrons. The van der Waals surface area contributed by atoms with Crippen LogP contribution in [-0.2, 0) is 4.74 Å². The van der Waals surface area contributed by atoms with Gasteiger partial charge in [-0.1, -0.05) is 39.3 Å². The summed E-state index contributed by atoms with van der Waals surface area (Å²) >= 11 is 6.19. The highest BCUT2D eigenvalue weighted by atomic mass is 35.5. The Morgan fingerprint density at radius 1 is 1.21 bits per heavy atom. The smallest absolute Gasteiger partial charge is 0.410 e. The van der Waals surface area contributed by atoms with Crippen molar-refractivity contribution in [2.75, 3.05) is 13.1 Å². The SMILES string of the molecule is CC(C)(C)OC(=O)N1CCC(n2cc(C(=O)N[C@H]3C(C)(C)[C@H](Oc4ccc(C#N)c(Cl)c4)C3(C)C)cn2)C1. The fourth-order valence-corrected chi connectivity index (χ4v) is 6.13. The number of nitriles is 1.